The molecular weight excluding hydrogens is 388 g/mol. The summed E-state index contributed by atoms with van der Waals surface area (Å²) in [6.45, 7) is 0. The minimum atomic E-state index is 0.138. The van der Waals surface area contributed by atoms with Crippen LogP contribution in [0.2, 0.25) is 5.02 Å². The van der Waals surface area contributed by atoms with Gasteiger partial charge in [-0.05, 0) is 65.2 Å². The van der Waals surface area contributed by atoms with Crippen LogP contribution in [-0.4, -0.2) is 17.4 Å². The number of benzene rings is 2. The molecule has 1 fully saturated rings. The standard InChI is InChI=1S/C19H20BrClN2O/c20-18-11-14(21)10-13(19(18)24)12-22-15-6-8-17(9-7-15)23-16-4-2-1-3-5-16/h6-12,16,23-24H,1-5H2. The summed E-state index contributed by atoms with van der Waals surface area (Å²) in [5, 5.41) is 14.2. The summed E-state index contributed by atoms with van der Waals surface area (Å²) in [5.74, 6) is 0.138. The van der Waals surface area contributed by atoms with Crippen LogP contribution in [0.3, 0.4) is 0 Å². The number of phenolic OH excluding ortho intramolecular Hbond substituents is 1. The number of hydrogen-bond donors (Lipinski definition) is 2. The highest BCUT2D eigenvalue weighted by Gasteiger charge is 2.12. The Bertz CT molecular complexity index is 725. The monoisotopic (exact) mass is 406 g/mol. The van der Waals surface area contributed by atoms with E-state index in [9.17, 15) is 5.11 Å². The normalized spacial score (nSPS) is 15.8. The summed E-state index contributed by atoms with van der Waals surface area (Å²) in [4.78, 5) is 4.42. The highest BCUT2D eigenvalue weighted by molar-refractivity contribution is 9.10. The largest absolute Gasteiger partial charge is 0.506 e. The summed E-state index contributed by atoms with van der Waals surface area (Å²) in [6.07, 6.45) is 8.12. The number of hydrogen-bond acceptors (Lipinski definition) is 3. The Kier molecular flexibility index (Phi) is 5.80. The van der Waals surface area contributed by atoms with Crippen LogP contribution in [0.15, 0.2) is 45.9 Å². The van der Waals surface area contributed by atoms with Gasteiger partial charge in [-0.1, -0.05) is 30.9 Å². The first-order chi connectivity index (χ1) is 11.6. The van der Waals surface area contributed by atoms with E-state index in [0.29, 0.717) is 21.1 Å². The molecule has 0 unspecified atom stereocenters. The zero-order valence-electron chi connectivity index (χ0n) is 13.3. The molecule has 2 aromatic carbocycles. The molecule has 0 bridgehead atoms. The van der Waals surface area contributed by atoms with E-state index in [-0.39, 0.29) is 5.75 Å². The number of nitrogens with one attached hydrogen (secondary N) is 1. The lowest BCUT2D eigenvalue weighted by atomic mass is 9.95. The highest BCUT2D eigenvalue weighted by atomic mass is 79.9. The molecule has 2 N–H and O–H groups in total. The Hall–Kier alpha value is -1.52. The number of rotatable bonds is 4. The van der Waals surface area contributed by atoms with Crippen molar-refractivity contribution in [3.63, 3.8) is 0 Å². The number of aromatic hydroxyl groups is 1. The third-order valence-corrected chi connectivity index (χ3v) is 5.08. The van der Waals surface area contributed by atoms with Crippen molar-refractivity contribution in [2.75, 3.05) is 5.32 Å². The lowest BCUT2D eigenvalue weighted by Gasteiger charge is -2.23. The van der Waals surface area contributed by atoms with E-state index in [2.05, 4.69) is 38.4 Å². The molecule has 3 rings (SSSR count). The molecule has 0 saturated heterocycles. The molecule has 1 aliphatic rings. The summed E-state index contributed by atoms with van der Waals surface area (Å²) in [5.41, 5.74) is 2.55. The molecule has 0 amide bonds. The van der Waals surface area contributed by atoms with E-state index in [0.717, 1.165) is 11.4 Å². The van der Waals surface area contributed by atoms with Gasteiger partial charge in [0, 0.05) is 28.5 Å². The van der Waals surface area contributed by atoms with Gasteiger partial charge in [0.1, 0.15) is 5.75 Å². The van der Waals surface area contributed by atoms with Crippen LogP contribution in [0, 0.1) is 0 Å². The van der Waals surface area contributed by atoms with Crippen molar-refractivity contribution in [2.45, 2.75) is 38.1 Å². The number of phenols is 1. The number of halogens is 2. The van der Waals surface area contributed by atoms with Crippen LogP contribution in [0.5, 0.6) is 5.75 Å². The minimum Gasteiger partial charge on any atom is -0.506 e. The van der Waals surface area contributed by atoms with Crippen molar-refractivity contribution in [1.29, 1.82) is 0 Å². The molecule has 2 aromatic rings. The van der Waals surface area contributed by atoms with Gasteiger partial charge in [-0.2, -0.15) is 0 Å². The van der Waals surface area contributed by atoms with Crippen LogP contribution in [0.4, 0.5) is 11.4 Å². The Morgan fingerprint density at radius 3 is 2.54 bits per heavy atom. The molecule has 5 heteroatoms. The number of aliphatic imine (C=N–C) groups is 1. The number of anilines is 1. The molecule has 0 aliphatic heterocycles. The predicted molar refractivity (Wildman–Crippen MR) is 105 cm³/mol. The first kappa shape index (κ1) is 17.3. The second-order valence-electron chi connectivity index (χ2n) is 6.11. The molecule has 0 aromatic heterocycles. The van der Waals surface area contributed by atoms with Crippen molar-refractivity contribution >= 4 is 45.1 Å². The summed E-state index contributed by atoms with van der Waals surface area (Å²) < 4.78 is 0.559. The Morgan fingerprint density at radius 1 is 1.12 bits per heavy atom. The fourth-order valence-corrected chi connectivity index (χ4v) is 3.79. The van der Waals surface area contributed by atoms with Gasteiger partial charge in [0.05, 0.1) is 10.2 Å². The molecule has 3 nitrogen and oxygen atoms in total. The fraction of sp³-hybridized carbons (Fsp3) is 0.316. The van der Waals surface area contributed by atoms with Gasteiger partial charge in [-0.25, -0.2) is 0 Å². The second kappa shape index (κ2) is 8.04. The van der Waals surface area contributed by atoms with Crippen molar-refractivity contribution < 1.29 is 5.11 Å². The second-order valence-corrected chi connectivity index (χ2v) is 7.40. The molecule has 0 atom stereocenters. The van der Waals surface area contributed by atoms with Crippen LogP contribution in [0.1, 0.15) is 37.7 Å². The van der Waals surface area contributed by atoms with Gasteiger partial charge in [-0.3, -0.25) is 4.99 Å². The number of nitrogens with zero attached hydrogens (tertiary/aromatic N) is 1. The third kappa shape index (κ3) is 4.52. The first-order valence-corrected chi connectivity index (χ1v) is 9.37. The van der Waals surface area contributed by atoms with E-state index in [1.807, 2.05) is 12.1 Å². The molecule has 1 saturated carbocycles. The molecule has 0 spiro atoms. The Morgan fingerprint density at radius 2 is 1.83 bits per heavy atom. The third-order valence-electron chi connectivity index (χ3n) is 4.25. The fourth-order valence-electron chi connectivity index (χ4n) is 2.95. The van der Waals surface area contributed by atoms with Crippen LogP contribution < -0.4 is 5.32 Å². The zero-order valence-corrected chi connectivity index (χ0v) is 15.6. The van der Waals surface area contributed by atoms with Crippen LogP contribution in [-0.2, 0) is 0 Å². The smallest absolute Gasteiger partial charge is 0.138 e. The van der Waals surface area contributed by atoms with Gasteiger partial charge < -0.3 is 10.4 Å². The van der Waals surface area contributed by atoms with E-state index >= 15 is 0 Å². The van der Waals surface area contributed by atoms with Crippen molar-refractivity contribution in [2.24, 2.45) is 4.99 Å². The lowest BCUT2D eigenvalue weighted by molar-refractivity contribution is 0.463. The maximum Gasteiger partial charge on any atom is 0.138 e. The van der Waals surface area contributed by atoms with Crippen molar-refractivity contribution in [3.05, 3.63) is 51.5 Å². The highest BCUT2D eigenvalue weighted by Crippen LogP contribution is 2.31. The van der Waals surface area contributed by atoms with E-state index < -0.39 is 0 Å². The van der Waals surface area contributed by atoms with Gasteiger partial charge >= 0.3 is 0 Å². The molecule has 24 heavy (non-hydrogen) atoms. The summed E-state index contributed by atoms with van der Waals surface area (Å²) in [6, 6.07) is 12.0. The zero-order chi connectivity index (χ0) is 16.9. The Labute approximate surface area is 155 Å². The van der Waals surface area contributed by atoms with E-state index in [4.69, 9.17) is 11.6 Å². The average molecular weight is 408 g/mol. The first-order valence-electron chi connectivity index (χ1n) is 8.20. The topological polar surface area (TPSA) is 44.6 Å². The predicted octanol–water partition coefficient (Wildman–Crippen LogP) is 6.30. The van der Waals surface area contributed by atoms with Crippen LogP contribution >= 0.6 is 27.5 Å². The van der Waals surface area contributed by atoms with Crippen molar-refractivity contribution in [1.82, 2.24) is 0 Å². The van der Waals surface area contributed by atoms with Gasteiger partial charge in [0.25, 0.3) is 0 Å². The average Bonchev–Trinajstić information content (AvgIpc) is 2.59. The maximum atomic E-state index is 10.0. The van der Waals surface area contributed by atoms with Gasteiger partial charge in [0.15, 0.2) is 0 Å². The molecule has 1 aliphatic carbocycles. The molecular formula is C19H20BrClN2O. The molecule has 126 valence electrons. The SMILES string of the molecule is Oc1c(Br)cc(Cl)cc1C=Nc1ccc(NC2CCCCC2)cc1. The minimum absolute atomic E-state index is 0.138. The van der Waals surface area contributed by atoms with E-state index in [1.165, 1.54) is 32.1 Å². The van der Waals surface area contributed by atoms with E-state index in [1.54, 1.807) is 18.3 Å². The van der Waals surface area contributed by atoms with Crippen molar-refractivity contribution in [3.8, 4) is 5.75 Å². The Balaban J connectivity index is 1.67. The quantitative estimate of drug-likeness (QED) is 0.584. The lowest BCUT2D eigenvalue weighted by Crippen LogP contribution is -2.21. The van der Waals surface area contributed by atoms with Crippen LogP contribution in [0.25, 0.3) is 0 Å². The maximum absolute atomic E-state index is 10.0. The molecule has 0 heterocycles. The molecule has 0 radical (unpaired) electrons. The van der Waals surface area contributed by atoms with Gasteiger partial charge in [-0.15, -0.1) is 0 Å². The van der Waals surface area contributed by atoms with Gasteiger partial charge in [0.2, 0.25) is 0 Å². The summed E-state index contributed by atoms with van der Waals surface area (Å²) >= 11 is 9.28. The summed E-state index contributed by atoms with van der Waals surface area (Å²) in [7, 11) is 0.